The first-order valence-corrected chi connectivity index (χ1v) is 10.4. The SMILES string of the molecule is CCOC(=O)c1ccc(-c2nc(Cl)[c-]nc2Cl)cc1.[Cl-].[Cl][Zn+].[Li+]. The molecule has 2 aromatic rings. The first-order chi connectivity index (χ1) is 10.1. The summed E-state index contributed by atoms with van der Waals surface area (Å²) in [5, 5.41) is 0.335. The normalized spacial score (nSPS) is 8.78. The van der Waals surface area contributed by atoms with Crippen LogP contribution in [-0.4, -0.2) is 22.5 Å². The number of benzene rings is 1. The third-order valence-electron chi connectivity index (χ3n) is 2.32. The van der Waals surface area contributed by atoms with Gasteiger partial charge in [0.25, 0.3) is 0 Å². The molecule has 1 aromatic heterocycles. The fourth-order valence-corrected chi connectivity index (χ4v) is 1.80. The largest absolute Gasteiger partial charge is 1.00 e. The Morgan fingerprint density at radius 3 is 2.35 bits per heavy atom. The molecule has 0 aliphatic carbocycles. The van der Waals surface area contributed by atoms with Crippen LogP contribution in [0, 0.1) is 6.20 Å². The number of esters is 1. The van der Waals surface area contributed by atoms with Crippen molar-refractivity contribution in [3.63, 3.8) is 0 Å². The van der Waals surface area contributed by atoms with E-state index in [2.05, 4.69) is 16.2 Å². The zero-order valence-electron chi connectivity index (χ0n) is 12.4. The molecule has 0 unspecified atom stereocenters. The minimum Gasteiger partial charge on any atom is 1.00 e. The van der Waals surface area contributed by atoms with Gasteiger partial charge in [-0.2, -0.15) is 11.6 Å². The van der Waals surface area contributed by atoms with Crippen LogP contribution in [0.5, 0.6) is 0 Å². The van der Waals surface area contributed by atoms with Crippen LogP contribution in [0.2, 0.25) is 10.3 Å². The Hall–Kier alpha value is 0.151. The van der Waals surface area contributed by atoms with Crippen LogP contribution in [0.4, 0.5) is 0 Å². The second-order valence-electron chi connectivity index (χ2n) is 3.56. The van der Waals surface area contributed by atoms with Crippen molar-refractivity contribution < 1.29 is 58.1 Å². The average molecular weight is 439 g/mol. The molecule has 114 valence electrons. The summed E-state index contributed by atoms with van der Waals surface area (Å²) in [5.74, 6) is -0.370. The summed E-state index contributed by atoms with van der Waals surface area (Å²) in [6, 6.07) is 6.68. The zero-order chi connectivity index (χ0) is 15.8. The summed E-state index contributed by atoms with van der Waals surface area (Å²) in [7, 11) is 4.76. The summed E-state index contributed by atoms with van der Waals surface area (Å²) in [5.41, 5.74) is 1.62. The first-order valence-electron chi connectivity index (χ1n) is 5.77. The standard InChI is InChI=1S/C13H9Cl2N2O2.2ClH.Li.Zn/c1-2-19-13(18)9-5-3-8(4-6-9)11-12(15)16-7-10(14)17-11;;;;/h3-6H,2H2,1H3;2*1H;;/q-1;;;+1;+2/p-2. The number of hydrogen-bond acceptors (Lipinski definition) is 4. The molecule has 0 aliphatic rings. The smallest absolute Gasteiger partial charge is 1.00 e. The number of rotatable bonds is 3. The van der Waals surface area contributed by atoms with Gasteiger partial charge in [-0.05, 0) is 29.8 Å². The molecule has 0 saturated heterocycles. The maximum absolute atomic E-state index is 11.5. The maximum Gasteiger partial charge on any atom is 1.00 e. The van der Waals surface area contributed by atoms with Gasteiger partial charge in [0.2, 0.25) is 0 Å². The van der Waals surface area contributed by atoms with E-state index in [0.29, 0.717) is 23.4 Å². The van der Waals surface area contributed by atoms with Gasteiger partial charge in [0.1, 0.15) is 0 Å². The van der Waals surface area contributed by atoms with Gasteiger partial charge in [0, 0.05) is 5.69 Å². The van der Waals surface area contributed by atoms with Gasteiger partial charge in [0.15, 0.2) is 0 Å². The number of nitrogens with zero attached hydrogens (tertiary/aromatic N) is 2. The molecule has 0 amide bonds. The van der Waals surface area contributed by atoms with Crippen LogP contribution in [0.15, 0.2) is 24.3 Å². The molecule has 0 N–H and O–H groups in total. The molecule has 1 heterocycles. The molecule has 1 aromatic carbocycles. The molecule has 10 heteroatoms. The summed E-state index contributed by atoms with van der Waals surface area (Å²) in [6.07, 6.45) is 2.45. The Balaban J connectivity index is 0. The van der Waals surface area contributed by atoms with Gasteiger partial charge in [0.05, 0.1) is 17.3 Å². The summed E-state index contributed by atoms with van der Waals surface area (Å²) >= 11 is 12.5. The minimum atomic E-state index is -0.370. The van der Waals surface area contributed by atoms with Gasteiger partial charge < -0.3 is 22.1 Å². The van der Waals surface area contributed by atoms with Crippen molar-refractivity contribution in [3.05, 3.63) is 46.3 Å². The van der Waals surface area contributed by atoms with Gasteiger partial charge in [-0.1, -0.05) is 23.7 Å². The van der Waals surface area contributed by atoms with Crippen molar-refractivity contribution >= 4 is 38.9 Å². The van der Waals surface area contributed by atoms with E-state index in [1.165, 1.54) is 0 Å². The van der Waals surface area contributed by atoms with Crippen LogP contribution in [0.1, 0.15) is 17.3 Å². The second-order valence-corrected chi connectivity index (χ2v) is 4.28. The number of carbonyl (C=O) groups excluding carboxylic acids is 1. The van der Waals surface area contributed by atoms with Gasteiger partial charge in [-0.25, -0.2) is 4.79 Å². The third kappa shape index (κ3) is 7.71. The molecule has 2 rings (SSSR count). The van der Waals surface area contributed by atoms with Crippen molar-refractivity contribution in [3.8, 4) is 11.3 Å². The fraction of sp³-hybridized carbons (Fsp3) is 0.154. The van der Waals surface area contributed by atoms with Crippen LogP contribution in [0.25, 0.3) is 11.3 Å². The van der Waals surface area contributed by atoms with Gasteiger partial charge >= 0.3 is 51.8 Å². The topological polar surface area (TPSA) is 52.1 Å². The van der Waals surface area contributed by atoms with Crippen molar-refractivity contribution in [2.75, 3.05) is 6.61 Å². The number of aromatic nitrogens is 2. The van der Waals surface area contributed by atoms with E-state index in [9.17, 15) is 4.79 Å². The van der Waals surface area contributed by atoms with Crippen molar-refractivity contribution in [2.24, 2.45) is 0 Å². The number of hydrogen-bond donors (Lipinski definition) is 0. The number of ether oxygens (including phenoxy) is 1. The van der Waals surface area contributed by atoms with Crippen molar-refractivity contribution in [1.29, 1.82) is 0 Å². The molecule has 0 bridgehead atoms. The predicted octanol–water partition coefficient (Wildman–Crippen LogP) is -1.88. The van der Waals surface area contributed by atoms with E-state index in [0.717, 1.165) is 17.3 Å². The molecule has 0 fully saturated rings. The molecule has 0 aliphatic heterocycles. The average Bonchev–Trinajstić information content (AvgIpc) is 2.52. The molecular formula is C13H9Cl4LiN2O2Zn. The molecule has 0 saturated carbocycles. The van der Waals surface area contributed by atoms with E-state index in [1.807, 2.05) is 0 Å². The molecule has 0 spiro atoms. The Labute approximate surface area is 177 Å². The first kappa shape index (κ1) is 25.4. The van der Waals surface area contributed by atoms with Gasteiger partial charge in [-0.3, -0.25) is 4.98 Å². The van der Waals surface area contributed by atoms with Crippen LogP contribution in [0.3, 0.4) is 0 Å². The quantitative estimate of drug-likeness (QED) is 0.319. The van der Waals surface area contributed by atoms with Crippen LogP contribution < -0.4 is 31.3 Å². The van der Waals surface area contributed by atoms with E-state index >= 15 is 0 Å². The fourth-order valence-electron chi connectivity index (χ4n) is 1.48. The zero-order valence-corrected chi connectivity index (χ0v) is 18.4. The van der Waals surface area contributed by atoms with E-state index in [1.54, 1.807) is 31.2 Å². The number of carbonyl (C=O) groups is 1. The maximum atomic E-state index is 11.5. The molecule has 0 atom stereocenters. The molecule has 4 nitrogen and oxygen atoms in total. The van der Waals surface area contributed by atoms with Crippen LogP contribution in [-0.2, 0) is 22.0 Å². The van der Waals surface area contributed by atoms with E-state index < -0.39 is 0 Å². The van der Waals surface area contributed by atoms with Crippen LogP contribution >= 0.6 is 32.9 Å². The van der Waals surface area contributed by atoms with E-state index in [-0.39, 0.29) is 47.5 Å². The number of halogens is 4. The molecular weight excluding hydrogens is 430 g/mol. The summed E-state index contributed by atoms with van der Waals surface area (Å²) < 4.78 is 4.90. The van der Waals surface area contributed by atoms with Crippen molar-refractivity contribution in [2.45, 2.75) is 6.92 Å². The molecule has 23 heavy (non-hydrogen) atoms. The Bertz CT molecular complexity index is 617. The Kier molecular flexibility index (Phi) is 14.8. The second kappa shape index (κ2) is 13.4. The third-order valence-corrected chi connectivity index (χ3v) is 2.75. The Morgan fingerprint density at radius 2 is 1.83 bits per heavy atom. The molecule has 0 radical (unpaired) electrons. The van der Waals surface area contributed by atoms with Crippen molar-refractivity contribution in [1.82, 2.24) is 9.97 Å². The monoisotopic (exact) mass is 436 g/mol. The summed E-state index contributed by atoms with van der Waals surface area (Å²) in [6.45, 7) is 2.09. The summed E-state index contributed by atoms with van der Waals surface area (Å²) in [4.78, 5) is 19.4. The predicted molar refractivity (Wildman–Crippen MR) is 78.1 cm³/mol. The Morgan fingerprint density at radius 1 is 1.26 bits per heavy atom. The van der Waals surface area contributed by atoms with E-state index in [4.69, 9.17) is 37.6 Å². The minimum absolute atomic E-state index is 0. The van der Waals surface area contributed by atoms with Gasteiger partial charge in [-0.15, -0.1) is 6.20 Å².